The summed E-state index contributed by atoms with van der Waals surface area (Å²) < 4.78 is 0. The summed E-state index contributed by atoms with van der Waals surface area (Å²) in [5.74, 6) is -0.449. The number of carbonyl (C=O) groups is 2. The Morgan fingerprint density at radius 1 is 0.759 bits per heavy atom. The predicted molar refractivity (Wildman–Crippen MR) is 110 cm³/mol. The Morgan fingerprint density at radius 2 is 1.28 bits per heavy atom. The SMILES string of the molecule is Cc1ccc(C(=O)Nc2ccccc2NC(=O)c2cccc(C(N)=[NH2+])c2)cc1.[Cl-]. The number of carbonyl (C=O) groups excluding carboxylic acids is 2. The molecule has 6 nitrogen and oxygen atoms in total. The smallest absolute Gasteiger partial charge is 0.270 e. The van der Waals surface area contributed by atoms with Crippen LogP contribution in [0.25, 0.3) is 0 Å². The summed E-state index contributed by atoms with van der Waals surface area (Å²) in [5.41, 5.74) is 9.18. The van der Waals surface area contributed by atoms with E-state index in [9.17, 15) is 9.59 Å². The maximum atomic E-state index is 12.6. The molecular formula is C22H21ClN4O2. The molecule has 0 heterocycles. The second kappa shape index (κ2) is 9.52. The Labute approximate surface area is 175 Å². The van der Waals surface area contributed by atoms with Crippen molar-refractivity contribution in [2.75, 3.05) is 10.6 Å². The third-order valence-electron chi connectivity index (χ3n) is 4.20. The van der Waals surface area contributed by atoms with E-state index in [4.69, 9.17) is 11.1 Å². The number of amides is 2. The van der Waals surface area contributed by atoms with Crippen molar-refractivity contribution in [3.8, 4) is 0 Å². The van der Waals surface area contributed by atoms with Crippen LogP contribution in [0.3, 0.4) is 0 Å². The topological polar surface area (TPSA) is 110 Å². The maximum Gasteiger partial charge on any atom is 0.270 e. The number of amidine groups is 1. The number of para-hydroxylation sites is 2. The van der Waals surface area contributed by atoms with Crippen molar-refractivity contribution in [1.82, 2.24) is 0 Å². The van der Waals surface area contributed by atoms with E-state index in [1.54, 1.807) is 60.7 Å². The van der Waals surface area contributed by atoms with Crippen molar-refractivity contribution in [3.63, 3.8) is 0 Å². The zero-order valence-electron chi connectivity index (χ0n) is 15.8. The lowest BCUT2D eigenvalue weighted by atomic mass is 10.1. The van der Waals surface area contributed by atoms with Gasteiger partial charge in [-0.05, 0) is 49.4 Å². The molecule has 3 aromatic carbocycles. The van der Waals surface area contributed by atoms with Gasteiger partial charge in [-0.2, -0.15) is 0 Å². The lowest BCUT2D eigenvalue weighted by Crippen LogP contribution is -3.00. The molecule has 6 N–H and O–H groups in total. The first-order valence-corrected chi connectivity index (χ1v) is 8.71. The molecule has 2 amide bonds. The van der Waals surface area contributed by atoms with Crippen LogP contribution in [0.4, 0.5) is 11.4 Å². The molecule has 0 aliphatic heterocycles. The Bertz CT molecular complexity index is 1050. The molecule has 148 valence electrons. The molecule has 0 aliphatic rings. The summed E-state index contributed by atoms with van der Waals surface area (Å²) in [4.78, 5) is 25.1. The third-order valence-corrected chi connectivity index (χ3v) is 4.20. The number of halogens is 1. The largest absolute Gasteiger partial charge is 1.00 e. The van der Waals surface area contributed by atoms with Gasteiger partial charge in [0.15, 0.2) is 0 Å². The predicted octanol–water partition coefficient (Wildman–Crippen LogP) is -1.03. The highest BCUT2D eigenvalue weighted by molar-refractivity contribution is 6.10. The third kappa shape index (κ3) is 5.43. The van der Waals surface area contributed by atoms with Crippen LogP contribution < -0.4 is 34.2 Å². The van der Waals surface area contributed by atoms with Gasteiger partial charge in [0.05, 0.1) is 16.9 Å². The van der Waals surface area contributed by atoms with Crippen LogP contribution >= 0.6 is 0 Å². The highest BCUT2D eigenvalue weighted by atomic mass is 35.5. The summed E-state index contributed by atoms with van der Waals surface area (Å²) in [6.07, 6.45) is 0. The summed E-state index contributed by atoms with van der Waals surface area (Å²) >= 11 is 0. The van der Waals surface area contributed by atoms with E-state index in [1.165, 1.54) is 0 Å². The van der Waals surface area contributed by atoms with Gasteiger partial charge in [-0.25, -0.2) is 0 Å². The van der Waals surface area contributed by atoms with Gasteiger partial charge in [-0.15, -0.1) is 0 Å². The molecule has 0 fully saturated rings. The number of hydrogen-bond donors (Lipinski definition) is 4. The first kappa shape index (κ1) is 21.7. The van der Waals surface area contributed by atoms with E-state index in [-0.39, 0.29) is 30.1 Å². The number of nitrogens with two attached hydrogens (primary N) is 2. The zero-order valence-corrected chi connectivity index (χ0v) is 16.5. The fourth-order valence-corrected chi connectivity index (χ4v) is 2.64. The minimum absolute atomic E-state index is 0. The zero-order chi connectivity index (χ0) is 20.1. The quantitative estimate of drug-likeness (QED) is 0.320. The average molecular weight is 409 g/mol. The standard InChI is InChI=1S/C22H20N4O2.ClH/c1-14-9-11-15(12-10-14)21(27)25-18-7-2-3-8-19(18)26-22(28)17-6-4-5-16(13-17)20(23)24;/h2-13H,1H3,(H3,23,24)(H,25,27)(H,26,28);1H. The Hall–Kier alpha value is -3.64. The lowest BCUT2D eigenvalue weighted by Gasteiger charge is -2.12. The number of nitrogens with one attached hydrogen (secondary N) is 2. The molecule has 0 bridgehead atoms. The van der Waals surface area contributed by atoms with Crippen LogP contribution in [0.5, 0.6) is 0 Å². The van der Waals surface area contributed by atoms with Crippen LogP contribution in [0.15, 0.2) is 72.8 Å². The molecular weight excluding hydrogens is 388 g/mol. The summed E-state index contributed by atoms with van der Waals surface area (Å²) in [6.45, 7) is 1.96. The summed E-state index contributed by atoms with van der Waals surface area (Å²) in [7, 11) is 0. The molecule has 0 aliphatic carbocycles. The molecule has 0 saturated heterocycles. The lowest BCUT2D eigenvalue weighted by molar-refractivity contribution is -0.114. The molecule has 0 aromatic heterocycles. The van der Waals surface area contributed by atoms with Crippen molar-refractivity contribution in [2.45, 2.75) is 6.92 Å². The van der Waals surface area contributed by atoms with Crippen LogP contribution in [0.1, 0.15) is 31.8 Å². The van der Waals surface area contributed by atoms with E-state index in [1.807, 2.05) is 19.1 Å². The van der Waals surface area contributed by atoms with Crippen molar-refractivity contribution >= 4 is 29.0 Å². The van der Waals surface area contributed by atoms with Crippen molar-refractivity contribution in [2.24, 2.45) is 5.73 Å². The normalized spacial score (nSPS) is 9.83. The molecule has 0 spiro atoms. The van der Waals surface area contributed by atoms with Gasteiger partial charge in [0.1, 0.15) is 0 Å². The Morgan fingerprint density at radius 3 is 1.83 bits per heavy atom. The fourth-order valence-electron chi connectivity index (χ4n) is 2.64. The van der Waals surface area contributed by atoms with Crippen molar-refractivity contribution in [3.05, 3.63) is 95.1 Å². The van der Waals surface area contributed by atoms with Crippen LogP contribution in [0, 0.1) is 6.92 Å². The second-order valence-corrected chi connectivity index (χ2v) is 6.36. The number of rotatable bonds is 5. The average Bonchev–Trinajstić information content (AvgIpc) is 2.70. The molecule has 0 radical (unpaired) electrons. The first-order valence-electron chi connectivity index (χ1n) is 8.71. The maximum absolute atomic E-state index is 12.6. The number of benzene rings is 3. The molecule has 3 aromatic rings. The van der Waals surface area contributed by atoms with Gasteiger partial charge in [0.25, 0.3) is 17.6 Å². The molecule has 0 atom stereocenters. The molecule has 7 heteroatoms. The second-order valence-electron chi connectivity index (χ2n) is 6.36. The van der Waals surface area contributed by atoms with Gasteiger partial charge < -0.3 is 23.0 Å². The summed E-state index contributed by atoms with van der Waals surface area (Å²) in [6, 6.07) is 21.0. The van der Waals surface area contributed by atoms with E-state index in [0.29, 0.717) is 28.1 Å². The van der Waals surface area contributed by atoms with Gasteiger partial charge in [0.2, 0.25) is 0 Å². The molecule has 29 heavy (non-hydrogen) atoms. The molecule has 0 unspecified atom stereocenters. The number of aryl methyl sites for hydroxylation is 1. The highest BCUT2D eigenvalue weighted by Crippen LogP contribution is 2.23. The monoisotopic (exact) mass is 408 g/mol. The van der Waals surface area contributed by atoms with Crippen LogP contribution in [0.2, 0.25) is 0 Å². The van der Waals surface area contributed by atoms with Gasteiger partial charge in [0, 0.05) is 11.1 Å². The Balaban J connectivity index is 0.00000300. The van der Waals surface area contributed by atoms with Crippen molar-refractivity contribution < 1.29 is 27.4 Å². The highest BCUT2D eigenvalue weighted by Gasteiger charge is 2.13. The van der Waals surface area contributed by atoms with E-state index in [0.717, 1.165) is 5.56 Å². The van der Waals surface area contributed by atoms with Crippen LogP contribution in [-0.4, -0.2) is 17.6 Å². The molecule has 0 saturated carbocycles. The minimum Gasteiger partial charge on any atom is -1.00 e. The minimum atomic E-state index is -0.333. The molecule has 3 rings (SSSR count). The fraction of sp³-hybridized carbons (Fsp3) is 0.0455. The van der Waals surface area contributed by atoms with E-state index in [2.05, 4.69) is 10.6 Å². The van der Waals surface area contributed by atoms with E-state index >= 15 is 0 Å². The summed E-state index contributed by atoms with van der Waals surface area (Å²) in [5, 5.41) is 11.2. The number of anilines is 2. The van der Waals surface area contributed by atoms with E-state index < -0.39 is 0 Å². The van der Waals surface area contributed by atoms with Crippen LogP contribution in [-0.2, 0) is 0 Å². The van der Waals surface area contributed by atoms with Gasteiger partial charge in [-0.1, -0.05) is 35.9 Å². The van der Waals surface area contributed by atoms with Gasteiger partial charge >= 0.3 is 0 Å². The number of hydrogen-bond acceptors (Lipinski definition) is 2. The van der Waals surface area contributed by atoms with Crippen molar-refractivity contribution in [1.29, 1.82) is 0 Å². The van der Waals surface area contributed by atoms with Gasteiger partial charge in [-0.3, -0.25) is 20.7 Å². The Kier molecular flexibility index (Phi) is 7.11. The first-order chi connectivity index (χ1) is 13.4.